The average molecular weight is 239 g/mol. The zero-order valence-corrected chi connectivity index (χ0v) is 10.6. The summed E-state index contributed by atoms with van der Waals surface area (Å²) in [6.07, 6.45) is 0.876. The Morgan fingerprint density at radius 1 is 1.24 bits per heavy atom. The van der Waals surface area contributed by atoms with Gasteiger partial charge in [-0.15, -0.1) is 0 Å². The quantitative estimate of drug-likeness (QED) is 0.851. The van der Waals surface area contributed by atoms with Crippen LogP contribution in [-0.4, -0.2) is 12.1 Å². The van der Waals surface area contributed by atoms with E-state index in [1.807, 2.05) is 0 Å². The highest BCUT2D eigenvalue weighted by Gasteiger charge is 2.41. The average Bonchev–Trinajstić information content (AvgIpc) is 2.93. The summed E-state index contributed by atoms with van der Waals surface area (Å²) in [4.78, 5) is 0. The predicted octanol–water partition coefficient (Wildman–Crippen LogP) is 3.46. The molecule has 0 amide bonds. The molecule has 94 valence electrons. The molecule has 0 aliphatic heterocycles. The molecule has 1 N–H and O–H groups in total. The zero-order valence-electron chi connectivity index (χ0n) is 10.6. The Balaban J connectivity index is 1.99. The van der Waals surface area contributed by atoms with Crippen molar-refractivity contribution in [3.8, 4) is 0 Å². The minimum Gasteiger partial charge on any atom is -0.312 e. The van der Waals surface area contributed by atoms with Gasteiger partial charge in [-0.1, -0.05) is 6.07 Å². The van der Waals surface area contributed by atoms with E-state index in [0.717, 1.165) is 13.0 Å². The first-order chi connectivity index (χ1) is 7.88. The van der Waals surface area contributed by atoms with E-state index in [-0.39, 0.29) is 17.0 Å². The summed E-state index contributed by atoms with van der Waals surface area (Å²) in [5.41, 5.74) is 0.328. The van der Waals surface area contributed by atoms with E-state index in [4.69, 9.17) is 0 Å². The van der Waals surface area contributed by atoms with Gasteiger partial charge in [-0.3, -0.25) is 0 Å². The minimum absolute atomic E-state index is 0.0473. The molecule has 1 aliphatic rings. The first kappa shape index (κ1) is 12.5. The van der Waals surface area contributed by atoms with Gasteiger partial charge in [0.1, 0.15) is 11.6 Å². The van der Waals surface area contributed by atoms with Crippen LogP contribution >= 0.6 is 0 Å². The first-order valence-corrected chi connectivity index (χ1v) is 6.07. The maximum atomic E-state index is 13.5. The highest BCUT2D eigenvalue weighted by atomic mass is 19.1. The molecule has 1 fully saturated rings. The van der Waals surface area contributed by atoms with Crippen molar-refractivity contribution < 1.29 is 8.78 Å². The van der Waals surface area contributed by atoms with Crippen molar-refractivity contribution in [1.82, 2.24) is 5.32 Å². The van der Waals surface area contributed by atoms with Crippen LogP contribution in [0.5, 0.6) is 0 Å². The van der Waals surface area contributed by atoms with Gasteiger partial charge in [0.25, 0.3) is 0 Å². The van der Waals surface area contributed by atoms with Crippen molar-refractivity contribution in [3.05, 3.63) is 35.4 Å². The molecule has 2 atom stereocenters. The highest BCUT2D eigenvalue weighted by molar-refractivity contribution is 5.29. The molecule has 3 heteroatoms. The number of halogens is 2. The SMILES string of the molecule is CC(C)(C)NCC1CC1c1c(F)cccc1F. The van der Waals surface area contributed by atoms with Gasteiger partial charge in [-0.05, 0) is 57.7 Å². The second-order valence-corrected chi connectivity index (χ2v) is 5.87. The van der Waals surface area contributed by atoms with E-state index in [2.05, 4.69) is 26.1 Å². The Morgan fingerprint density at radius 2 is 1.82 bits per heavy atom. The van der Waals surface area contributed by atoms with Crippen LogP contribution in [0, 0.1) is 17.6 Å². The highest BCUT2D eigenvalue weighted by Crippen LogP contribution is 2.48. The number of rotatable bonds is 3. The zero-order chi connectivity index (χ0) is 12.6. The third-order valence-corrected chi connectivity index (χ3v) is 3.19. The lowest BCUT2D eigenvalue weighted by Crippen LogP contribution is -2.37. The summed E-state index contributed by atoms with van der Waals surface area (Å²) in [5, 5.41) is 3.38. The van der Waals surface area contributed by atoms with Crippen molar-refractivity contribution in [1.29, 1.82) is 0 Å². The lowest BCUT2D eigenvalue weighted by molar-refractivity contribution is 0.413. The van der Waals surface area contributed by atoms with Crippen molar-refractivity contribution in [2.24, 2.45) is 5.92 Å². The summed E-state index contributed by atoms with van der Waals surface area (Å²) in [5.74, 6) is -0.409. The van der Waals surface area contributed by atoms with E-state index in [0.29, 0.717) is 5.92 Å². The van der Waals surface area contributed by atoms with Crippen molar-refractivity contribution in [2.45, 2.75) is 38.6 Å². The fraction of sp³-hybridized carbons (Fsp3) is 0.571. The van der Waals surface area contributed by atoms with Gasteiger partial charge in [0.2, 0.25) is 0 Å². The summed E-state index contributed by atoms with van der Waals surface area (Å²) < 4.78 is 27.1. The van der Waals surface area contributed by atoms with Crippen LogP contribution in [0.3, 0.4) is 0 Å². The molecule has 1 aromatic carbocycles. The smallest absolute Gasteiger partial charge is 0.129 e. The molecule has 0 radical (unpaired) electrons. The third kappa shape index (κ3) is 3.03. The summed E-state index contributed by atoms with van der Waals surface area (Å²) in [6.45, 7) is 7.10. The van der Waals surface area contributed by atoms with E-state index in [9.17, 15) is 8.78 Å². The van der Waals surface area contributed by atoms with Gasteiger partial charge < -0.3 is 5.32 Å². The number of hydrogen-bond donors (Lipinski definition) is 1. The van der Waals surface area contributed by atoms with Gasteiger partial charge in [-0.2, -0.15) is 0 Å². The van der Waals surface area contributed by atoms with Crippen LogP contribution in [0.2, 0.25) is 0 Å². The lowest BCUT2D eigenvalue weighted by Gasteiger charge is -2.20. The van der Waals surface area contributed by atoms with E-state index >= 15 is 0 Å². The normalized spacial score (nSPS) is 23.8. The molecule has 2 rings (SSSR count). The minimum atomic E-state index is -0.409. The molecule has 0 saturated heterocycles. The molecule has 0 spiro atoms. The first-order valence-electron chi connectivity index (χ1n) is 6.07. The number of nitrogens with one attached hydrogen (secondary N) is 1. The van der Waals surface area contributed by atoms with Crippen molar-refractivity contribution >= 4 is 0 Å². The molecule has 17 heavy (non-hydrogen) atoms. The van der Waals surface area contributed by atoms with Gasteiger partial charge in [-0.25, -0.2) is 8.78 Å². The summed E-state index contributed by atoms with van der Waals surface area (Å²) in [6, 6.07) is 4.09. The Morgan fingerprint density at radius 3 is 2.35 bits per heavy atom. The summed E-state index contributed by atoms with van der Waals surface area (Å²) in [7, 11) is 0. The van der Waals surface area contributed by atoms with Crippen LogP contribution in [0.1, 0.15) is 38.7 Å². The molecule has 0 bridgehead atoms. The Kier molecular flexibility index (Phi) is 3.21. The van der Waals surface area contributed by atoms with Gasteiger partial charge in [0.15, 0.2) is 0 Å². The molecule has 1 aromatic rings. The summed E-state index contributed by atoms with van der Waals surface area (Å²) >= 11 is 0. The maximum absolute atomic E-state index is 13.5. The second-order valence-electron chi connectivity index (χ2n) is 5.87. The Bertz CT molecular complexity index is 389. The van der Waals surface area contributed by atoms with Crippen molar-refractivity contribution in [2.75, 3.05) is 6.54 Å². The van der Waals surface area contributed by atoms with Crippen molar-refractivity contribution in [3.63, 3.8) is 0 Å². The fourth-order valence-corrected chi connectivity index (χ4v) is 2.13. The van der Waals surface area contributed by atoms with Gasteiger partial charge >= 0.3 is 0 Å². The third-order valence-electron chi connectivity index (χ3n) is 3.19. The molecule has 2 unspecified atom stereocenters. The standard InChI is InChI=1S/C14H19F2N/c1-14(2,3)17-8-9-7-10(9)13-11(15)5-4-6-12(13)16/h4-6,9-10,17H,7-8H2,1-3H3. The fourth-order valence-electron chi connectivity index (χ4n) is 2.13. The Hall–Kier alpha value is -0.960. The van der Waals surface area contributed by atoms with E-state index in [1.165, 1.54) is 18.2 Å². The van der Waals surface area contributed by atoms with Crippen LogP contribution in [-0.2, 0) is 0 Å². The van der Waals surface area contributed by atoms with Gasteiger partial charge in [0.05, 0.1) is 0 Å². The molecule has 1 saturated carbocycles. The Labute approximate surface area is 101 Å². The molecular weight excluding hydrogens is 220 g/mol. The van der Waals surface area contributed by atoms with Crippen LogP contribution in [0.25, 0.3) is 0 Å². The molecule has 0 aromatic heterocycles. The molecule has 1 aliphatic carbocycles. The molecule has 1 nitrogen and oxygen atoms in total. The van der Waals surface area contributed by atoms with Gasteiger partial charge in [0, 0.05) is 11.1 Å². The monoisotopic (exact) mass is 239 g/mol. The number of hydrogen-bond acceptors (Lipinski definition) is 1. The predicted molar refractivity (Wildman–Crippen MR) is 65.0 cm³/mol. The molecule has 0 heterocycles. The topological polar surface area (TPSA) is 12.0 Å². The second kappa shape index (κ2) is 4.37. The molecular formula is C14H19F2N. The number of benzene rings is 1. The van der Waals surface area contributed by atoms with Crippen LogP contribution in [0.4, 0.5) is 8.78 Å². The lowest BCUT2D eigenvalue weighted by atomic mass is 10.1. The van der Waals surface area contributed by atoms with E-state index in [1.54, 1.807) is 0 Å². The van der Waals surface area contributed by atoms with Crippen LogP contribution < -0.4 is 5.32 Å². The van der Waals surface area contributed by atoms with E-state index < -0.39 is 11.6 Å². The van der Waals surface area contributed by atoms with Crippen LogP contribution in [0.15, 0.2) is 18.2 Å². The maximum Gasteiger partial charge on any atom is 0.129 e. The largest absolute Gasteiger partial charge is 0.312 e.